The van der Waals surface area contributed by atoms with E-state index in [4.69, 9.17) is 0 Å². The Bertz CT molecular complexity index is 19.3. The fourth-order valence-corrected chi connectivity index (χ4v) is 0. The largest absolute Gasteiger partial charge is 2.00 e. The van der Waals surface area contributed by atoms with E-state index < -0.39 is 0 Å². The maximum atomic E-state index is 0. The second-order valence-corrected chi connectivity index (χ2v) is 0. The smallest absolute Gasteiger partial charge is 1.00 e. The summed E-state index contributed by atoms with van der Waals surface area (Å²) in [6.07, 6.45) is 0. The van der Waals surface area contributed by atoms with Crippen LogP contribution in [0.25, 0.3) is 0 Å². The van der Waals surface area contributed by atoms with E-state index in [0.29, 0.717) is 0 Å². The Morgan fingerprint density at radius 3 is 0.214 bits per heavy atom. The van der Waals surface area contributed by atoms with Crippen LogP contribution in [0, 0.1) is 0 Å². The molecule has 0 fully saturated rings. The summed E-state index contributed by atoms with van der Waals surface area (Å²) in [6, 6.07) is 0. The van der Waals surface area contributed by atoms with Crippen LogP contribution in [-0.4, -0.2) is 119 Å². The van der Waals surface area contributed by atoms with Gasteiger partial charge < -0.3 is 93.4 Å². The van der Waals surface area contributed by atoms with Gasteiger partial charge in [-0.25, -0.2) is 0 Å². The molecule has 0 radical (unpaired) electrons. The molecular formula is H16Ca2Cl4O8. The number of hydrogen-bond donors (Lipinski definition) is 0. The topological polar surface area (TPSA) is 252 Å². The van der Waals surface area contributed by atoms with Crippen LogP contribution in [0.1, 0.15) is 0 Å². The predicted octanol–water partition coefficient (Wildman–Crippen LogP) is -19.3. The minimum absolute atomic E-state index is 0. The predicted molar refractivity (Wildman–Crippen MR) is 40.4 cm³/mol. The third-order valence-electron chi connectivity index (χ3n) is 0. The van der Waals surface area contributed by atoms with E-state index >= 15 is 0 Å². The number of halogens is 4. The summed E-state index contributed by atoms with van der Waals surface area (Å²) in [5, 5.41) is 0. The Kier molecular flexibility index (Phi) is 10100. The SMILES string of the molecule is O.O.O.O.O.O.O.O.[Ca+2].[Ca+2].[Cl-].[Cl-].[Cl-].[Cl-]. The monoisotopic (exact) mass is 364 g/mol. The van der Waals surface area contributed by atoms with Crippen molar-refractivity contribution >= 4 is 75.5 Å². The average Bonchev–Trinajstić information content (AvgIpc) is 0. The van der Waals surface area contributed by atoms with E-state index in [1.165, 1.54) is 0 Å². The van der Waals surface area contributed by atoms with Gasteiger partial charge >= 0.3 is 75.5 Å². The zero-order chi connectivity index (χ0) is 0. The average molecular weight is 366 g/mol. The van der Waals surface area contributed by atoms with E-state index in [9.17, 15) is 0 Å². The molecule has 0 bridgehead atoms. The summed E-state index contributed by atoms with van der Waals surface area (Å²) in [7, 11) is 0. The second-order valence-electron chi connectivity index (χ2n) is 0. The van der Waals surface area contributed by atoms with E-state index in [1.807, 2.05) is 0 Å². The normalized spacial score (nSPS) is 0. The van der Waals surface area contributed by atoms with Crippen molar-refractivity contribution in [3.05, 3.63) is 0 Å². The Balaban J connectivity index is 0. The molecule has 96 valence electrons. The Hall–Kier alpha value is 3.36. The molecule has 0 rings (SSSR count). The summed E-state index contributed by atoms with van der Waals surface area (Å²) < 4.78 is 0. The summed E-state index contributed by atoms with van der Waals surface area (Å²) in [5.74, 6) is 0. The minimum Gasteiger partial charge on any atom is -1.00 e. The molecule has 0 aromatic rings. The zero-order valence-corrected chi connectivity index (χ0v) is 14.4. The van der Waals surface area contributed by atoms with Gasteiger partial charge in [0, 0.05) is 0 Å². The van der Waals surface area contributed by atoms with Crippen molar-refractivity contribution in [3.8, 4) is 0 Å². The third-order valence-corrected chi connectivity index (χ3v) is 0. The van der Waals surface area contributed by atoms with Gasteiger partial charge in [0.2, 0.25) is 0 Å². The van der Waals surface area contributed by atoms with Crippen molar-refractivity contribution in [3.63, 3.8) is 0 Å². The van der Waals surface area contributed by atoms with Crippen molar-refractivity contribution < 1.29 is 93.4 Å². The molecule has 16 N–H and O–H groups in total. The minimum atomic E-state index is 0. The van der Waals surface area contributed by atoms with Crippen LogP contribution in [0.15, 0.2) is 0 Å². The summed E-state index contributed by atoms with van der Waals surface area (Å²) in [6.45, 7) is 0. The molecule has 0 amide bonds. The first-order valence-electron chi connectivity index (χ1n) is 0. The molecule has 0 aliphatic rings. The van der Waals surface area contributed by atoms with Crippen LogP contribution in [0.3, 0.4) is 0 Å². The fourth-order valence-electron chi connectivity index (χ4n) is 0. The first kappa shape index (κ1) is 412. The van der Waals surface area contributed by atoms with Gasteiger partial charge in [0.1, 0.15) is 0 Å². The van der Waals surface area contributed by atoms with Crippen LogP contribution < -0.4 is 49.6 Å². The molecule has 0 saturated heterocycles. The zero-order valence-electron chi connectivity index (χ0n) is 6.93. The molecule has 0 heterocycles. The van der Waals surface area contributed by atoms with Gasteiger partial charge in [0.15, 0.2) is 0 Å². The van der Waals surface area contributed by atoms with Crippen LogP contribution in [0.2, 0.25) is 0 Å². The molecule has 0 atom stereocenters. The maximum Gasteiger partial charge on any atom is 2.00 e. The van der Waals surface area contributed by atoms with Gasteiger partial charge in [-0.2, -0.15) is 0 Å². The Labute approximate surface area is 166 Å². The van der Waals surface area contributed by atoms with Crippen molar-refractivity contribution in [1.82, 2.24) is 0 Å². The summed E-state index contributed by atoms with van der Waals surface area (Å²) in [4.78, 5) is 0. The van der Waals surface area contributed by atoms with Crippen molar-refractivity contribution in [2.75, 3.05) is 0 Å². The summed E-state index contributed by atoms with van der Waals surface area (Å²) in [5.41, 5.74) is 0. The first-order chi connectivity index (χ1) is 0. The van der Waals surface area contributed by atoms with Gasteiger partial charge in [0.05, 0.1) is 0 Å². The van der Waals surface area contributed by atoms with Crippen molar-refractivity contribution in [2.45, 2.75) is 0 Å². The van der Waals surface area contributed by atoms with Crippen LogP contribution in [-0.2, 0) is 0 Å². The van der Waals surface area contributed by atoms with Crippen LogP contribution in [0.5, 0.6) is 0 Å². The van der Waals surface area contributed by atoms with Crippen molar-refractivity contribution in [1.29, 1.82) is 0 Å². The van der Waals surface area contributed by atoms with Gasteiger partial charge in [-0.15, -0.1) is 0 Å². The van der Waals surface area contributed by atoms with E-state index in [1.54, 1.807) is 0 Å². The van der Waals surface area contributed by atoms with E-state index in [2.05, 4.69) is 0 Å². The standard InChI is InChI=1S/2Ca.4ClH.8H2O/h;;4*1H;8*1H2/q2*+2;;;;;;;;;;;;/p-4. The molecule has 14 heteroatoms. The second kappa shape index (κ2) is 342. The molecule has 0 aliphatic heterocycles. The molecule has 0 spiro atoms. The molecule has 0 aliphatic carbocycles. The third kappa shape index (κ3) is 281. The van der Waals surface area contributed by atoms with Crippen LogP contribution >= 0.6 is 0 Å². The quantitative estimate of drug-likeness (QED) is 0.362. The van der Waals surface area contributed by atoms with Crippen molar-refractivity contribution in [2.24, 2.45) is 0 Å². The molecule has 14 heavy (non-hydrogen) atoms. The number of hydrogen-bond acceptors (Lipinski definition) is 0. The van der Waals surface area contributed by atoms with Gasteiger partial charge in [-0.3, -0.25) is 0 Å². The molecule has 8 nitrogen and oxygen atoms in total. The molecule has 0 unspecified atom stereocenters. The Morgan fingerprint density at radius 2 is 0.214 bits per heavy atom. The number of rotatable bonds is 0. The van der Waals surface area contributed by atoms with Crippen LogP contribution in [0.4, 0.5) is 0 Å². The van der Waals surface area contributed by atoms with Gasteiger partial charge in [-0.1, -0.05) is 0 Å². The summed E-state index contributed by atoms with van der Waals surface area (Å²) >= 11 is 0. The van der Waals surface area contributed by atoms with Gasteiger partial charge in [-0.05, 0) is 0 Å². The van der Waals surface area contributed by atoms with E-state index in [0.717, 1.165) is 0 Å². The van der Waals surface area contributed by atoms with Gasteiger partial charge in [0.25, 0.3) is 0 Å². The molecule has 0 saturated carbocycles. The van der Waals surface area contributed by atoms with E-state index in [-0.39, 0.29) is 169 Å². The fraction of sp³-hybridized carbons (Fsp3) is 0. The first-order valence-corrected chi connectivity index (χ1v) is 0. The molecular weight excluding hydrogens is 350 g/mol. The Morgan fingerprint density at radius 1 is 0.214 bits per heavy atom. The molecule has 0 aromatic carbocycles. The molecule has 0 aromatic heterocycles. The maximum absolute atomic E-state index is 0.